The van der Waals surface area contributed by atoms with E-state index in [1.165, 1.54) is 42.2 Å². The van der Waals surface area contributed by atoms with E-state index in [1.54, 1.807) is 17.0 Å². The molecule has 11 nitrogen and oxygen atoms in total. The second-order valence-electron chi connectivity index (χ2n) is 10.3. The molecule has 2 unspecified atom stereocenters. The third kappa shape index (κ3) is 5.07. The molecule has 4 N–H and O–H groups in total. The van der Waals surface area contributed by atoms with Gasteiger partial charge in [0, 0.05) is 45.1 Å². The van der Waals surface area contributed by atoms with Gasteiger partial charge in [0.1, 0.15) is 0 Å². The number of nitrogens with zero attached hydrogens (tertiary/aromatic N) is 6. The van der Waals surface area contributed by atoms with Crippen LogP contribution in [0.5, 0.6) is 0 Å². The number of hydrogen-bond acceptors (Lipinski definition) is 7. The lowest BCUT2D eigenvalue weighted by Crippen LogP contribution is -2.32. The number of fused-ring (bicyclic) bond motifs is 1. The van der Waals surface area contributed by atoms with Gasteiger partial charge in [0.05, 0.1) is 39.9 Å². The van der Waals surface area contributed by atoms with Crippen molar-refractivity contribution in [2.45, 2.75) is 6.18 Å². The van der Waals surface area contributed by atoms with Crippen molar-refractivity contribution in [1.82, 2.24) is 34.5 Å². The van der Waals surface area contributed by atoms with Crippen molar-refractivity contribution in [1.29, 1.82) is 0 Å². The molecule has 5 heterocycles. The predicted octanol–water partition coefficient (Wildman–Crippen LogP) is 3.47. The molecule has 2 atom stereocenters. The van der Waals surface area contributed by atoms with Gasteiger partial charge in [-0.25, -0.2) is 14.6 Å². The summed E-state index contributed by atoms with van der Waals surface area (Å²) < 4.78 is 44.0. The molecule has 0 spiro atoms. The number of imidazole rings is 1. The summed E-state index contributed by atoms with van der Waals surface area (Å²) in [6, 6.07) is 7.48. The van der Waals surface area contributed by atoms with Crippen LogP contribution in [0.2, 0.25) is 5.02 Å². The molecule has 42 heavy (non-hydrogen) atoms. The Balaban J connectivity index is 1.22. The maximum Gasteiger partial charge on any atom is 0.435 e. The minimum atomic E-state index is -4.79. The molecule has 0 saturated carbocycles. The lowest BCUT2D eigenvalue weighted by Gasteiger charge is -2.18. The Bertz CT molecular complexity index is 1670. The first-order chi connectivity index (χ1) is 20.0. The number of nitrogens with one attached hydrogen (secondary N) is 2. The second-order valence-corrected chi connectivity index (χ2v) is 10.8. The molecule has 15 heteroatoms. The number of likely N-dealkylation sites (tertiary alicyclic amines) is 1. The number of pyridine rings is 1. The van der Waals surface area contributed by atoms with E-state index in [4.69, 9.17) is 17.3 Å². The van der Waals surface area contributed by atoms with Crippen LogP contribution < -0.4 is 16.4 Å². The number of alkyl halides is 3. The van der Waals surface area contributed by atoms with Gasteiger partial charge in [-0.15, -0.1) is 0 Å². The summed E-state index contributed by atoms with van der Waals surface area (Å²) in [5.74, 6) is 0.000335. The molecule has 2 saturated heterocycles. The van der Waals surface area contributed by atoms with Crippen LogP contribution in [0.4, 0.5) is 24.5 Å². The van der Waals surface area contributed by atoms with Crippen LogP contribution in [0, 0.1) is 11.8 Å². The van der Waals surface area contributed by atoms with Gasteiger partial charge in [-0.3, -0.25) is 9.59 Å². The Morgan fingerprint density at radius 2 is 1.83 bits per heavy atom. The Labute approximate surface area is 242 Å². The van der Waals surface area contributed by atoms with E-state index in [9.17, 15) is 22.8 Å². The first kappa shape index (κ1) is 27.7. The van der Waals surface area contributed by atoms with Crippen LogP contribution in [0.25, 0.3) is 17.1 Å². The zero-order valence-electron chi connectivity index (χ0n) is 22.2. The minimum absolute atomic E-state index is 0.0127. The van der Waals surface area contributed by atoms with E-state index < -0.39 is 17.8 Å². The summed E-state index contributed by atoms with van der Waals surface area (Å²) in [7, 11) is 1.42. The predicted molar refractivity (Wildman–Crippen MR) is 148 cm³/mol. The standard InChI is InChI=1S/C27H25ClF3N9O2/c1-38-21(19-13-40(37-23(19)27(29,30)31)22-5-2-16(32)9-34-22)10-35-24(38)25(41)36-17-3-4-18(20(28)6-17)26(42)39-11-14-7-33-8-15(14)12-39/h2-6,9-10,13-15,33H,7-8,11-12,32H2,1H3,(H,36,41). The molecule has 2 fully saturated rings. The van der Waals surface area contributed by atoms with E-state index in [1.807, 2.05) is 0 Å². The number of nitrogens with two attached hydrogens (primary N) is 1. The highest BCUT2D eigenvalue weighted by atomic mass is 35.5. The van der Waals surface area contributed by atoms with Crippen molar-refractivity contribution >= 4 is 34.8 Å². The van der Waals surface area contributed by atoms with Gasteiger partial charge in [-0.2, -0.15) is 18.3 Å². The number of amides is 2. The minimum Gasteiger partial charge on any atom is -0.397 e. The van der Waals surface area contributed by atoms with Crippen LogP contribution in [0.15, 0.2) is 48.9 Å². The smallest absolute Gasteiger partial charge is 0.397 e. The lowest BCUT2D eigenvalue weighted by atomic mass is 10.0. The topological polar surface area (TPSA) is 136 Å². The monoisotopic (exact) mass is 599 g/mol. The van der Waals surface area contributed by atoms with Crippen molar-refractivity contribution in [3.63, 3.8) is 0 Å². The number of aromatic nitrogens is 5. The maximum atomic E-state index is 13.9. The van der Waals surface area contributed by atoms with E-state index in [2.05, 4.69) is 25.7 Å². The summed E-state index contributed by atoms with van der Waals surface area (Å²) in [6.45, 7) is 3.11. The Morgan fingerprint density at radius 3 is 2.48 bits per heavy atom. The summed E-state index contributed by atoms with van der Waals surface area (Å²) in [6.07, 6.45) is -1.15. The lowest BCUT2D eigenvalue weighted by molar-refractivity contribution is -0.140. The van der Waals surface area contributed by atoms with E-state index in [0.717, 1.165) is 24.0 Å². The van der Waals surface area contributed by atoms with Crippen molar-refractivity contribution < 1.29 is 22.8 Å². The Morgan fingerprint density at radius 1 is 1.10 bits per heavy atom. The van der Waals surface area contributed by atoms with Gasteiger partial charge in [-0.1, -0.05) is 11.6 Å². The zero-order valence-corrected chi connectivity index (χ0v) is 22.9. The number of anilines is 2. The van der Waals surface area contributed by atoms with E-state index in [-0.39, 0.29) is 33.8 Å². The summed E-state index contributed by atoms with van der Waals surface area (Å²) in [4.78, 5) is 36.0. The fraction of sp³-hybridized carbons (Fsp3) is 0.296. The number of benzene rings is 1. The number of nitrogen functional groups attached to an aromatic ring is 1. The molecule has 3 aromatic heterocycles. The van der Waals surface area contributed by atoms with Crippen LogP contribution in [0.3, 0.4) is 0 Å². The van der Waals surface area contributed by atoms with Crippen molar-refractivity contribution in [2.75, 3.05) is 37.2 Å². The fourth-order valence-electron chi connectivity index (χ4n) is 5.44. The van der Waals surface area contributed by atoms with Gasteiger partial charge in [0.15, 0.2) is 17.3 Å². The number of halogens is 4. The SMILES string of the molecule is Cn1c(-c2cn(-c3ccc(N)cn3)nc2C(F)(F)F)cnc1C(=O)Nc1ccc(C(=O)N2CC3CNCC3C2)c(Cl)c1. The molecule has 1 aromatic carbocycles. The van der Waals surface area contributed by atoms with Crippen molar-refractivity contribution in [3.8, 4) is 17.1 Å². The zero-order chi connectivity index (χ0) is 29.8. The normalized spacial score (nSPS) is 18.4. The third-order valence-corrected chi connectivity index (χ3v) is 7.90. The molecule has 0 aliphatic carbocycles. The average Bonchev–Trinajstić information content (AvgIpc) is 3.71. The molecule has 2 aliphatic rings. The van der Waals surface area contributed by atoms with Crippen LogP contribution in [-0.4, -0.2) is 67.2 Å². The molecular formula is C27H25ClF3N9O2. The molecule has 0 radical (unpaired) electrons. The second kappa shape index (κ2) is 10.4. The fourth-order valence-corrected chi connectivity index (χ4v) is 5.70. The summed E-state index contributed by atoms with van der Waals surface area (Å²) in [5, 5.41) is 9.85. The van der Waals surface area contributed by atoms with Crippen LogP contribution in [0.1, 0.15) is 26.7 Å². The molecule has 2 aliphatic heterocycles. The maximum absolute atomic E-state index is 13.9. The molecule has 6 rings (SSSR count). The van der Waals surface area contributed by atoms with Gasteiger partial charge < -0.3 is 25.8 Å². The average molecular weight is 600 g/mol. The molecular weight excluding hydrogens is 575 g/mol. The summed E-state index contributed by atoms with van der Waals surface area (Å²) in [5.41, 5.74) is 5.16. The van der Waals surface area contributed by atoms with Gasteiger partial charge >= 0.3 is 6.18 Å². The molecule has 4 aromatic rings. The number of hydrogen-bond donors (Lipinski definition) is 3. The van der Waals surface area contributed by atoms with E-state index in [0.29, 0.717) is 41.9 Å². The van der Waals surface area contributed by atoms with Gasteiger partial charge in [0.25, 0.3) is 11.8 Å². The van der Waals surface area contributed by atoms with Gasteiger partial charge in [-0.05, 0) is 42.2 Å². The summed E-state index contributed by atoms with van der Waals surface area (Å²) >= 11 is 6.43. The molecule has 0 bridgehead atoms. The quantitative estimate of drug-likeness (QED) is 0.320. The van der Waals surface area contributed by atoms with Crippen molar-refractivity contribution in [3.05, 3.63) is 71.0 Å². The number of rotatable bonds is 5. The Kier molecular flexibility index (Phi) is 6.89. The highest BCUT2D eigenvalue weighted by Gasteiger charge is 2.40. The first-order valence-electron chi connectivity index (χ1n) is 13.0. The van der Waals surface area contributed by atoms with Gasteiger partial charge in [0.2, 0.25) is 0 Å². The van der Waals surface area contributed by atoms with Crippen LogP contribution in [-0.2, 0) is 13.2 Å². The van der Waals surface area contributed by atoms with Crippen molar-refractivity contribution in [2.24, 2.45) is 18.9 Å². The highest BCUT2D eigenvalue weighted by molar-refractivity contribution is 6.34. The first-order valence-corrected chi connectivity index (χ1v) is 13.4. The number of carbonyl (C=O) groups is 2. The molecule has 218 valence electrons. The Hall–Kier alpha value is -4.43. The van der Waals surface area contributed by atoms with E-state index >= 15 is 0 Å². The molecule has 2 amide bonds. The third-order valence-electron chi connectivity index (χ3n) is 7.59. The number of carbonyl (C=O) groups excluding carboxylic acids is 2. The van der Waals surface area contributed by atoms with Crippen LogP contribution >= 0.6 is 11.6 Å². The highest BCUT2D eigenvalue weighted by Crippen LogP contribution is 2.37. The largest absolute Gasteiger partial charge is 0.435 e.